The van der Waals surface area contributed by atoms with Crippen LogP contribution in [0.4, 0.5) is 0 Å². The molecule has 0 amide bonds. The Bertz CT molecular complexity index is 185. The Morgan fingerprint density at radius 2 is 2.27 bits per heavy atom. The van der Waals surface area contributed by atoms with Crippen molar-refractivity contribution >= 4 is 0 Å². The summed E-state index contributed by atoms with van der Waals surface area (Å²) in [6, 6.07) is 0. The molecule has 0 unspecified atom stereocenters. The van der Waals surface area contributed by atoms with Crippen molar-refractivity contribution in [2.75, 3.05) is 14.1 Å². The monoisotopic (exact) mass is 156 g/mol. The molecule has 0 spiro atoms. The van der Waals surface area contributed by atoms with Gasteiger partial charge in [-0.05, 0) is 12.8 Å². The van der Waals surface area contributed by atoms with E-state index in [1.165, 1.54) is 0 Å². The fourth-order valence-electron chi connectivity index (χ4n) is 0.474. The van der Waals surface area contributed by atoms with Gasteiger partial charge in [0.25, 0.3) is 0 Å². The van der Waals surface area contributed by atoms with Crippen LogP contribution < -0.4 is 0 Å². The molecule has 0 N–H and O–H groups in total. The van der Waals surface area contributed by atoms with Gasteiger partial charge in [-0.2, -0.15) is 0 Å². The van der Waals surface area contributed by atoms with Crippen LogP contribution in [0.5, 0.6) is 0 Å². The van der Waals surface area contributed by atoms with Crippen LogP contribution in [-0.4, -0.2) is 23.9 Å². The molecule has 4 heteroatoms. The Morgan fingerprint density at radius 3 is 2.64 bits per heavy atom. The molecule has 0 rings (SSSR count). The van der Waals surface area contributed by atoms with Crippen molar-refractivity contribution in [3.63, 3.8) is 0 Å². The Hall–Kier alpha value is -1.32. The van der Waals surface area contributed by atoms with Gasteiger partial charge >= 0.3 is 0 Å². The maximum absolute atomic E-state index is 10.0. The van der Waals surface area contributed by atoms with Gasteiger partial charge < -0.3 is 4.90 Å². The summed E-state index contributed by atoms with van der Waals surface area (Å²) in [6.45, 7) is 3.28. The molecular weight excluding hydrogens is 144 g/mol. The van der Waals surface area contributed by atoms with E-state index in [0.29, 0.717) is 6.42 Å². The molecule has 0 bridgehead atoms. The summed E-state index contributed by atoms with van der Waals surface area (Å²) in [6.07, 6.45) is 3.75. The van der Waals surface area contributed by atoms with E-state index >= 15 is 0 Å². The number of rotatable bonds is 4. The van der Waals surface area contributed by atoms with Crippen LogP contribution in [0.1, 0.15) is 6.42 Å². The summed E-state index contributed by atoms with van der Waals surface area (Å²) in [5.41, 5.74) is 0.0168. The van der Waals surface area contributed by atoms with Gasteiger partial charge in [0.05, 0.1) is 11.3 Å². The van der Waals surface area contributed by atoms with Gasteiger partial charge in [0.1, 0.15) is 0 Å². The van der Waals surface area contributed by atoms with Crippen molar-refractivity contribution in [1.82, 2.24) is 4.90 Å². The first-order chi connectivity index (χ1) is 5.04. The molecule has 0 heterocycles. The fourth-order valence-corrected chi connectivity index (χ4v) is 0.474. The molecule has 0 fully saturated rings. The van der Waals surface area contributed by atoms with E-state index in [1.807, 2.05) is 19.0 Å². The van der Waals surface area contributed by atoms with Crippen molar-refractivity contribution in [3.8, 4) is 0 Å². The number of allylic oxidation sites excluding steroid dienone is 1. The summed E-state index contributed by atoms with van der Waals surface area (Å²) in [5, 5.41) is 10.0. The van der Waals surface area contributed by atoms with Crippen LogP contribution in [0.15, 0.2) is 24.6 Å². The maximum atomic E-state index is 10.0. The van der Waals surface area contributed by atoms with Crippen molar-refractivity contribution in [1.29, 1.82) is 0 Å². The molecule has 0 saturated carbocycles. The second-order valence-corrected chi connectivity index (χ2v) is 2.38. The quantitative estimate of drug-likeness (QED) is 0.454. The molecule has 0 aliphatic heterocycles. The molecule has 11 heavy (non-hydrogen) atoms. The standard InChI is InChI=1S/C7H12N2O2/c1-7(9(10)11)5-4-6-8(2)3/h4,6H,1,5H2,2-3H3/b6-4+. The number of nitrogens with zero attached hydrogens (tertiary/aromatic N) is 2. The lowest BCUT2D eigenvalue weighted by Crippen LogP contribution is -2.01. The van der Waals surface area contributed by atoms with Gasteiger partial charge in [0.2, 0.25) is 5.70 Å². The number of hydrogen-bond donors (Lipinski definition) is 0. The molecule has 4 nitrogen and oxygen atoms in total. The minimum atomic E-state index is -0.472. The zero-order valence-electron chi connectivity index (χ0n) is 6.78. The van der Waals surface area contributed by atoms with E-state index in [-0.39, 0.29) is 5.70 Å². The minimum absolute atomic E-state index is 0.0168. The molecule has 0 aliphatic carbocycles. The van der Waals surface area contributed by atoms with Crippen LogP contribution in [0, 0.1) is 10.1 Å². The van der Waals surface area contributed by atoms with Crippen LogP contribution in [0.2, 0.25) is 0 Å². The second kappa shape index (κ2) is 4.49. The van der Waals surface area contributed by atoms with E-state index in [2.05, 4.69) is 6.58 Å². The Balaban J connectivity index is 3.71. The molecule has 0 aliphatic rings. The highest BCUT2D eigenvalue weighted by molar-refractivity contribution is 4.93. The second-order valence-electron chi connectivity index (χ2n) is 2.38. The first-order valence-electron chi connectivity index (χ1n) is 3.19. The highest BCUT2D eigenvalue weighted by Gasteiger charge is 2.01. The van der Waals surface area contributed by atoms with Crippen molar-refractivity contribution in [2.24, 2.45) is 0 Å². The lowest BCUT2D eigenvalue weighted by Gasteiger charge is -2.01. The molecule has 0 atom stereocenters. The largest absolute Gasteiger partial charge is 0.384 e. The molecule has 62 valence electrons. The van der Waals surface area contributed by atoms with E-state index in [4.69, 9.17) is 0 Å². The highest BCUT2D eigenvalue weighted by Crippen LogP contribution is 1.98. The summed E-state index contributed by atoms with van der Waals surface area (Å²) in [4.78, 5) is 11.4. The Labute approximate surface area is 66.0 Å². The molecule has 0 radical (unpaired) electrons. The van der Waals surface area contributed by atoms with Crippen molar-refractivity contribution in [2.45, 2.75) is 6.42 Å². The lowest BCUT2D eigenvalue weighted by atomic mass is 10.3. The highest BCUT2D eigenvalue weighted by atomic mass is 16.6. The predicted octanol–water partition coefficient (Wildman–Crippen LogP) is 1.24. The minimum Gasteiger partial charge on any atom is -0.384 e. The Kier molecular flexibility index (Phi) is 3.95. The maximum Gasteiger partial charge on any atom is 0.242 e. The van der Waals surface area contributed by atoms with Crippen molar-refractivity contribution in [3.05, 3.63) is 34.7 Å². The van der Waals surface area contributed by atoms with E-state index in [1.54, 1.807) is 12.3 Å². The normalized spacial score (nSPS) is 10.0. The average molecular weight is 156 g/mol. The summed E-state index contributed by atoms with van der Waals surface area (Å²) in [5.74, 6) is 0. The van der Waals surface area contributed by atoms with Gasteiger partial charge in [-0.25, -0.2) is 0 Å². The topological polar surface area (TPSA) is 46.4 Å². The number of hydrogen-bond acceptors (Lipinski definition) is 3. The van der Waals surface area contributed by atoms with E-state index < -0.39 is 4.92 Å². The fraction of sp³-hybridized carbons (Fsp3) is 0.429. The van der Waals surface area contributed by atoms with Crippen LogP contribution in [0.3, 0.4) is 0 Å². The molecule has 0 saturated heterocycles. The van der Waals surface area contributed by atoms with Crippen LogP contribution in [0.25, 0.3) is 0 Å². The zero-order valence-corrected chi connectivity index (χ0v) is 6.78. The SMILES string of the molecule is C=C(C/C=C/N(C)C)[N+](=O)[O-]. The van der Waals surface area contributed by atoms with Gasteiger partial charge in [0.15, 0.2) is 0 Å². The third-order valence-electron chi connectivity index (χ3n) is 1.02. The van der Waals surface area contributed by atoms with E-state index in [9.17, 15) is 10.1 Å². The van der Waals surface area contributed by atoms with Gasteiger partial charge in [-0.15, -0.1) is 0 Å². The molecule has 0 aromatic heterocycles. The van der Waals surface area contributed by atoms with Gasteiger partial charge in [-0.3, -0.25) is 10.1 Å². The predicted molar refractivity (Wildman–Crippen MR) is 43.6 cm³/mol. The molecule has 0 aromatic carbocycles. The third-order valence-corrected chi connectivity index (χ3v) is 1.02. The molecular formula is C7H12N2O2. The lowest BCUT2D eigenvalue weighted by molar-refractivity contribution is -0.426. The van der Waals surface area contributed by atoms with Crippen molar-refractivity contribution < 1.29 is 4.92 Å². The summed E-state index contributed by atoms with van der Waals surface area (Å²) in [7, 11) is 3.71. The van der Waals surface area contributed by atoms with Crippen LogP contribution in [-0.2, 0) is 0 Å². The summed E-state index contributed by atoms with van der Waals surface area (Å²) >= 11 is 0. The first kappa shape index (κ1) is 9.68. The molecule has 0 aromatic rings. The third kappa shape index (κ3) is 5.14. The summed E-state index contributed by atoms with van der Waals surface area (Å²) < 4.78 is 0. The Morgan fingerprint density at radius 1 is 1.73 bits per heavy atom. The van der Waals surface area contributed by atoms with E-state index in [0.717, 1.165) is 0 Å². The average Bonchev–Trinajstić information content (AvgIpc) is 1.86. The zero-order chi connectivity index (χ0) is 8.85. The van der Waals surface area contributed by atoms with Gasteiger partial charge in [-0.1, -0.05) is 6.08 Å². The number of nitro groups is 1. The smallest absolute Gasteiger partial charge is 0.242 e. The van der Waals surface area contributed by atoms with Crippen LogP contribution >= 0.6 is 0 Å². The van der Waals surface area contributed by atoms with Gasteiger partial charge in [0, 0.05) is 14.1 Å². The first-order valence-corrected chi connectivity index (χ1v) is 3.19.